The van der Waals surface area contributed by atoms with E-state index in [0.717, 1.165) is 42.2 Å². The summed E-state index contributed by atoms with van der Waals surface area (Å²) in [7, 11) is 0. The Morgan fingerprint density at radius 2 is 2.28 bits per heavy atom. The number of rotatable bonds is 3. The highest BCUT2D eigenvalue weighted by atomic mass is 35.5. The topological polar surface area (TPSA) is 38.0 Å². The van der Waals surface area contributed by atoms with Crippen molar-refractivity contribution in [2.24, 2.45) is 5.92 Å². The van der Waals surface area contributed by atoms with Crippen molar-refractivity contribution in [2.45, 2.75) is 65.0 Å². The van der Waals surface area contributed by atoms with Gasteiger partial charge in [-0.2, -0.15) is 5.10 Å². The van der Waals surface area contributed by atoms with Crippen LogP contribution in [0, 0.1) is 12.8 Å². The van der Waals surface area contributed by atoms with Crippen molar-refractivity contribution in [2.75, 3.05) is 0 Å². The average molecular weight is 271 g/mol. The third kappa shape index (κ3) is 2.72. The Bertz CT molecular complexity index is 430. The van der Waals surface area contributed by atoms with Crippen LogP contribution < -0.4 is 0 Å². The van der Waals surface area contributed by atoms with E-state index in [1.54, 1.807) is 0 Å². The second kappa shape index (κ2) is 5.22. The van der Waals surface area contributed by atoms with Crippen molar-refractivity contribution >= 4 is 11.6 Å². The van der Waals surface area contributed by atoms with Crippen molar-refractivity contribution < 1.29 is 5.11 Å². The minimum atomic E-state index is -0.597. The Balaban J connectivity index is 2.22. The van der Waals surface area contributed by atoms with Crippen LogP contribution in [-0.2, 0) is 13.0 Å². The Labute approximate surface area is 114 Å². The van der Waals surface area contributed by atoms with Gasteiger partial charge in [0.1, 0.15) is 0 Å². The van der Waals surface area contributed by atoms with Crippen LogP contribution in [-0.4, -0.2) is 20.5 Å². The lowest BCUT2D eigenvalue weighted by Crippen LogP contribution is -2.37. The summed E-state index contributed by atoms with van der Waals surface area (Å²) in [5.41, 5.74) is 1.26. The number of aliphatic hydroxyl groups is 1. The molecule has 3 nitrogen and oxygen atoms in total. The predicted molar refractivity (Wildman–Crippen MR) is 73.9 cm³/mol. The molecule has 1 aliphatic rings. The van der Waals surface area contributed by atoms with Gasteiger partial charge in [-0.3, -0.25) is 4.68 Å². The number of hydrogen-bond acceptors (Lipinski definition) is 2. The summed E-state index contributed by atoms with van der Waals surface area (Å²) in [6.07, 6.45) is 4.71. The lowest BCUT2D eigenvalue weighted by Gasteiger charge is -2.35. The molecule has 0 aromatic carbocycles. The number of halogens is 1. The molecule has 1 saturated carbocycles. The van der Waals surface area contributed by atoms with E-state index in [9.17, 15) is 5.11 Å². The largest absolute Gasteiger partial charge is 0.389 e. The van der Waals surface area contributed by atoms with Crippen LogP contribution in [0.2, 0.25) is 5.02 Å². The van der Waals surface area contributed by atoms with Gasteiger partial charge in [0, 0.05) is 13.0 Å². The Morgan fingerprint density at radius 3 is 2.89 bits per heavy atom. The highest BCUT2D eigenvalue weighted by Crippen LogP contribution is 2.36. The van der Waals surface area contributed by atoms with Crippen molar-refractivity contribution in [1.82, 2.24) is 9.78 Å². The molecule has 0 aliphatic heterocycles. The second-order valence-electron chi connectivity index (χ2n) is 5.76. The van der Waals surface area contributed by atoms with Crippen molar-refractivity contribution in [1.29, 1.82) is 0 Å². The van der Waals surface area contributed by atoms with Crippen LogP contribution in [0.15, 0.2) is 0 Å². The molecule has 1 aromatic rings. The summed E-state index contributed by atoms with van der Waals surface area (Å²) in [6.45, 7) is 6.99. The molecule has 2 atom stereocenters. The Kier molecular flexibility index (Phi) is 4.02. The summed E-state index contributed by atoms with van der Waals surface area (Å²) in [6, 6.07) is 0. The molecular formula is C14H23ClN2O. The third-order valence-corrected chi connectivity index (χ3v) is 4.51. The van der Waals surface area contributed by atoms with Gasteiger partial charge in [-0.25, -0.2) is 0 Å². The van der Waals surface area contributed by atoms with E-state index in [4.69, 9.17) is 11.6 Å². The predicted octanol–water partition coefficient (Wildman–Crippen LogP) is 3.35. The molecule has 2 unspecified atom stereocenters. The molecule has 0 radical (unpaired) electrons. The lowest BCUT2D eigenvalue weighted by atomic mass is 9.76. The molecule has 1 N–H and O–H groups in total. The molecular weight excluding hydrogens is 248 g/mol. The van der Waals surface area contributed by atoms with Crippen molar-refractivity contribution in [3.8, 4) is 0 Å². The molecule has 2 rings (SSSR count). The first-order valence-electron chi connectivity index (χ1n) is 6.89. The number of aromatic nitrogens is 2. The van der Waals surface area contributed by atoms with Gasteiger partial charge in [-0.15, -0.1) is 0 Å². The average Bonchev–Trinajstić information content (AvgIpc) is 2.56. The summed E-state index contributed by atoms with van der Waals surface area (Å²) in [5.74, 6) is 0.599. The van der Waals surface area contributed by atoms with E-state index in [1.807, 2.05) is 11.6 Å². The van der Waals surface area contributed by atoms with Crippen LogP contribution in [0.3, 0.4) is 0 Å². The number of aryl methyl sites for hydroxylation is 2. The summed E-state index contributed by atoms with van der Waals surface area (Å²) >= 11 is 6.32. The molecule has 1 aromatic heterocycles. The molecule has 18 heavy (non-hydrogen) atoms. The monoisotopic (exact) mass is 270 g/mol. The van der Waals surface area contributed by atoms with Gasteiger partial charge in [-0.1, -0.05) is 31.4 Å². The van der Waals surface area contributed by atoms with Gasteiger partial charge in [0.05, 0.1) is 22.0 Å². The van der Waals surface area contributed by atoms with E-state index in [2.05, 4.69) is 18.9 Å². The van der Waals surface area contributed by atoms with Crippen LogP contribution in [0.25, 0.3) is 0 Å². The fraction of sp³-hybridized carbons (Fsp3) is 0.786. The molecule has 1 heterocycles. The number of nitrogens with zero attached hydrogens (tertiary/aromatic N) is 2. The van der Waals surface area contributed by atoms with E-state index < -0.39 is 5.60 Å². The summed E-state index contributed by atoms with van der Waals surface area (Å²) < 4.78 is 1.93. The van der Waals surface area contributed by atoms with Crippen molar-refractivity contribution in [3.63, 3.8) is 0 Å². The fourth-order valence-electron chi connectivity index (χ4n) is 3.14. The first kappa shape index (κ1) is 13.9. The van der Waals surface area contributed by atoms with Crippen LogP contribution >= 0.6 is 11.6 Å². The standard InChI is InChI=1S/C14H23ClN2O/c1-4-17-12(13(15)11(3)16-17)9-14(18)7-5-6-10(2)8-14/h10,18H,4-9H2,1-3H3. The first-order chi connectivity index (χ1) is 8.45. The Hall–Kier alpha value is -0.540. The van der Waals surface area contributed by atoms with Gasteiger partial charge >= 0.3 is 0 Å². The molecule has 0 bridgehead atoms. The maximum Gasteiger partial charge on any atom is 0.0848 e. The zero-order valence-electron chi connectivity index (χ0n) is 11.5. The van der Waals surface area contributed by atoms with E-state index >= 15 is 0 Å². The van der Waals surface area contributed by atoms with Gasteiger partial charge in [0.2, 0.25) is 0 Å². The zero-order valence-corrected chi connectivity index (χ0v) is 12.3. The molecule has 0 amide bonds. The molecule has 4 heteroatoms. The Morgan fingerprint density at radius 1 is 1.56 bits per heavy atom. The third-order valence-electron chi connectivity index (χ3n) is 4.02. The minimum Gasteiger partial charge on any atom is -0.389 e. The highest BCUT2D eigenvalue weighted by Gasteiger charge is 2.34. The molecule has 0 spiro atoms. The molecule has 102 valence electrons. The molecule has 1 fully saturated rings. The first-order valence-corrected chi connectivity index (χ1v) is 7.27. The summed E-state index contributed by atoms with van der Waals surface area (Å²) in [5, 5.41) is 15.9. The molecule has 0 saturated heterocycles. The maximum absolute atomic E-state index is 10.7. The maximum atomic E-state index is 10.7. The fourth-order valence-corrected chi connectivity index (χ4v) is 3.34. The second-order valence-corrected chi connectivity index (χ2v) is 6.14. The quantitative estimate of drug-likeness (QED) is 0.915. The summed E-state index contributed by atoms with van der Waals surface area (Å²) in [4.78, 5) is 0. The van der Waals surface area contributed by atoms with Crippen molar-refractivity contribution in [3.05, 3.63) is 16.4 Å². The smallest absolute Gasteiger partial charge is 0.0848 e. The van der Waals surface area contributed by atoms with Gasteiger partial charge < -0.3 is 5.11 Å². The number of hydrogen-bond donors (Lipinski definition) is 1. The van der Waals surface area contributed by atoms with Crippen LogP contribution in [0.5, 0.6) is 0 Å². The van der Waals surface area contributed by atoms with E-state index in [1.165, 1.54) is 6.42 Å². The van der Waals surface area contributed by atoms with Crippen LogP contribution in [0.4, 0.5) is 0 Å². The van der Waals surface area contributed by atoms with Gasteiger partial charge in [-0.05, 0) is 32.6 Å². The van der Waals surface area contributed by atoms with Crippen LogP contribution in [0.1, 0.15) is 50.9 Å². The lowest BCUT2D eigenvalue weighted by molar-refractivity contribution is -0.0139. The highest BCUT2D eigenvalue weighted by molar-refractivity contribution is 6.31. The minimum absolute atomic E-state index is 0.597. The van der Waals surface area contributed by atoms with E-state index in [-0.39, 0.29) is 0 Å². The van der Waals surface area contributed by atoms with E-state index in [0.29, 0.717) is 12.3 Å². The normalized spacial score (nSPS) is 28.6. The van der Waals surface area contributed by atoms with Gasteiger partial charge in [0.25, 0.3) is 0 Å². The molecule has 1 aliphatic carbocycles. The SMILES string of the molecule is CCn1nc(C)c(Cl)c1CC1(O)CCCC(C)C1. The van der Waals surface area contributed by atoms with Gasteiger partial charge in [0.15, 0.2) is 0 Å². The zero-order chi connectivity index (χ0) is 13.3.